The second-order valence-corrected chi connectivity index (χ2v) is 6.47. The van der Waals surface area contributed by atoms with E-state index in [9.17, 15) is 13.2 Å². The lowest BCUT2D eigenvalue weighted by Gasteiger charge is -2.10. The maximum absolute atomic E-state index is 11.7. The molecule has 0 saturated carbocycles. The van der Waals surface area contributed by atoms with E-state index in [-0.39, 0.29) is 17.0 Å². The number of carboxylic acid groups (broad SMARTS) is 1. The van der Waals surface area contributed by atoms with Crippen LogP contribution in [0.4, 0.5) is 5.69 Å². The van der Waals surface area contributed by atoms with Gasteiger partial charge in [-0.05, 0) is 40.5 Å². The van der Waals surface area contributed by atoms with Gasteiger partial charge in [0.05, 0.1) is 17.0 Å². The van der Waals surface area contributed by atoms with Gasteiger partial charge in [0, 0.05) is 4.47 Å². The first-order chi connectivity index (χ1) is 8.35. The Bertz CT molecular complexity index is 542. The normalized spacial score (nSPS) is 11.2. The van der Waals surface area contributed by atoms with Gasteiger partial charge in [0.2, 0.25) is 10.0 Å². The predicted octanol–water partition coefficient (Wildman–Crippen LogP) is 2.69. The molecule has 1 aromatic rings. The maximum atomic E-state index is 11.7. The molecule has 0 fully saturated rings. The van der Waals surface area contributed by atoms with Crippen molar-refractivity contribution in [3.63, 3.8) is 0 Å². The molecule has 1 aromatic carbocycles. The number of rotatable bonds is 6. The van der Waals surface area contributed by atoms with Crippen LogP contribution in [0.1, 0.15) is 30.1 Å². The Balaban J connectivity index is 2.96. The number of halogens is 1. The van der Waals surface area contributed by atoms with Crippen LogP contribution in [0.25, 0.3) is 0 Å². The fourth-order valence-electron chi connectivity index (χ4n) is 1.29. The molecule has 0 aliphatic carbocycles. The lowest BCUT2D eigenvalue weighted by atomic mass is 10.2. The zero-order valence-electron chi connectivity index (χ0n) is 9.81. The Morgan fingerprint density at radius 1 is 1.44 bits per heavy atom. The van der Waals surface area contributed by atoms with Crippen LogP contribution >= 0.6 is 15.9 Å². The number of hydrogen-bond donors (Lipinski definition) is 2. The maximum Gasteiger partial charge on any atom is 0.335 e. The van der Waals surface area contributed by atoms with E-state index in [1.54, 1.807) is 0 Å². The summed E-state index contributed by atoms with van der Waals surface area (Å²) in [4.78, 5) is 10.8. The van der Waals surface area contributed by atoms with Crippen molar-refractivity contribution < 1.29 is 18.3 Å². The molecule has 18 heavy (non-hydrogen) atoms. The number of nitrogens with one attached hydrogen (secondary N) is 1. The minimum Gasteiger partial charge on any atom is -0.478 e. The Morgan fingerprint density at radius 3 is 2.67 bits per heavy atom. The summed E-state index contributed by atoms with van der Waals surface area (Å²) in [5.74, 6) is -1.08. The summed E-state index contributed by atoms with van der Waals surface area (Å²) in [6.45, 7) is 1.90. The topological polar surface area (TPSA) is 83.5 Å². The van der Waals surface area contributed by atoms with Crippen molar-refractivity contribution in [1.29, 1.82) is 0 Å². The van der Waals surface area contributed by atoms with Crippen LogP contribution in [0.2, 0.25) is 0 Å². The monoisotopic (exact) mass is 335 g/mol. The fourth-order valence-corrected chi connectivity index (χ4v) is 3.04. The van der Waals surface area contributed by atoms with E-state index < -0.39 is 16.0 Å². The molecule has 0 amide bonds. The summed E-state index contributed by atoms with van der Waals surface area (Å²) < 4.78 is 26.3. The van der Waals surface area contributed by atoms with Crippen LogP contribution < -0.4 is 4.72 Å². The van der Waals surface area contributed by atoms with Crippen molar-refractivity contribution in [1.82, 2.24) is 0 Å². The molecule has 100 valence electrons. The van der Waals surface area contributed by atoms with Crippen LogP contribution in [-0.4, -0.2) is 25.2 Å². The van der Waals surface area contributed by atoms with Crippen molar-refractivity contribution in [2.75, 3.05) is 10.5 Å². The predicted molar refractivity (Wildman–Crippen MR) is 73.4 cm³/mol. The second-order valence-electron chi connectivity index (χ2n) is 3.77. The van der Waals surface area contributed by atoms with Gasteiger partial charge in [0.25, 0.3) is 0 Å². The molecule has 0 radical (unpaired) electrons. The first-order valence-corrected chi connectivity index (χ1v) is 7.83. The number of benzene rings is 1. The summed E-state index contributed by atoms with van der Waals surface area (Å²) in [5, 5.41) is 8.85. The van der Waals surface area contributed by atoms with Crippen molar-refractivity contribution in [2.45, 2.75) is 19.8 Å². The highest BCUT2D eigenvalue weighted by molar-refractivity contribution is 9.10. The molecule has 0 heterocycles. The van der Waals surface area contributed by atoms with Gasteiger partial charge in [-0.15, -0.1) is 0 Å². The van der Waals surface area contributed by atoms with E-state index in [0.717, 1.165) is 6.42 Å². The first kappa shape index (κ1) is 15.0. The zero-order valence-corrected chi connectivity index (χ0v) is 12.2. The van der Waals surface area contributed by atoms with Gasteiger partial charge < -0.3 is 5.11 Å². The molecule has 0 bridgehead atoms. The van der Waals surface area contributed by atoms with Crippen LogP contribution in [0, 0.1) is 0 Å². The van der Waals surface area contributed by atoms with E-state index in [0.29, 0.717) is 10.9 Å². The van der Waals surface area contributed by atoms with E-state index in [4.69, 9.17) is 5.11 Å². The van der Waals surface area contributed by atoms with E-state index in [1.165, 1.54) is 18.2 Å². The van der Waals surface area contributed by atoms with Gasteiger partial charge in [-0.2, -0.15) is 0 Å². The van der Waals surface area contributed by atoms with Gasteiger partial charge in [-0.1, -0.05) is 13.3 Å². The number of carbonyl (C=O) groups is 1. The fraction of sp³-hybridized carbons (Fsp3) is 0.364. The summed E-state index contributed by atoms with van der Waals surface area (Å²) in [6.07, 6.45) is 1.34. The minimum absolute atomic E-state index is 0.0211. The summed E-state index contributed by atoms with van der Waals surface area (Å²) in [6, 6.07) is 4.19. The van der Waals surface area contributed by atoms with Crippen LogP contribution in [0.15, 0.2) is 22.7 Å². The number of unbranched alkanes of at least 4 members (excludes halogenated alkanes) is 1. The lowest BCUT2D eigenvalue weighted by Crippen LogP contribution is -2.17. The number of anilines is 1. The smallest absolute Gasteiger partial charge is 0.335 e. The van der Waals surface area contributed by atoms with Crippen LogP contribution in [0.5, 0.6) is 0 Å². The van der Waals surface area contributed by atoms with E-state index >= 15 is 0 Å². The standard InChI is InChI=1S/C11H14BrNO4S/c1-2-3-6-18(16,17)13-10-7-8(11(14)15)4-5-9(10)12/h4-5,7,13H,2-3,6H2,1H3,(H,14,15). The lowest BCUT2D eigenvalue weighted by molar-refractivity contribution is 0.0697. The summed E-state index contributed by atoms with van der Waals surface area (Å²) in [5.41, 5.74) is 0.275. The average Bonchev–Trinajstić information content (AvgIpc) is 2.29. The van der Waals surface area contributed by atoms with Crippen molar-refractivity contribution in [3.8, 4) is 0 Å². The Kier molecular flexibility index (Phi) is 5.15. The van der Waals surface area contributed by atoms with Crippen molar-refractivity contribution >= 4 is 37.6 Å². The molecule has 1 rings (SSSR count). The van der Waals surface area contributed by atoms with Crippen LogP contribution in [-0.2, 0) is 10.0 Å². The Labute approximate surface area is 114 Å². The quantitative estimate of drug-likeness (QED) is 0.837. The third-order valence-electron chi connectivity index (χ3n) is 2.25. The first-order valence-electron chi connectivity index (χ1n) is 5.39. The van der Waals surface area contributed by atoms with Gasteiger partial charge in [0.1, 0.15) is 0 Å². The SMILES string of the molecule is CCCCS(=O)(=O)Nc1cc(C(=O)O)ccc1Br. The minimum atomic E-state index is -3.43. The number of sulfonamides is 1. The second kappa shape index (κ2) is 6.19. The number of carboxylic acids is 1. The van der Waals surface area contributed by atoms with Crippen molar-refractivity contribution in [3.05, 3.63) is 28.2 Å². The Morgan fingerprint density at radius 2 is 2.11 bits per heavy atom. The molecule has 0 spiro atoms. The molecule has 7 heteroatoms. The molecule has 0 aliphatic heterocycles. The molecular formula is C11H14BrNO4S. The molecule has 0 atom stereocenters. The summed E-state index contributed by atoms with van der Waals surface area (Å²) >= 11 is 3.18. The van der Waals surface area contributed by atoms with Gasteiger partial charge >= 0.3 is 5.97 Å². The third kappa shape index (κ3) is 4.30. The molecular weight excluding hydrogens is 322 g/mol. The van der Waals surface area contributed by atoms with E-state index in [2.05, 4.69) is 20.7 Å². The highest BCUT2D eigenvalue weighted by atomic mass is 79.9. The average molecular weight is 336 g/mol. The van der Waals surface area contributed by atoms with Crippen LogP contribution in [0.3, 0.4) is 0 Å². The highest BCUT2D eigenvalue weighted by Gasteiger charge is 2.13. The number of hydrogen-bond acceptors (Lipinski definition) is 3. The molecule has 0 saturated heterocycles. The molecule has 2 N–H and O–H groups in total. The van der Waals surface area contributed by atoms with Gasteiger partial charge in [-0.3, -0.25) is 4.72 Å². The van der Waals surface area contributed by atoms with Gasteiger partial charge in [0.15, 0.2) is 0 Å². The molecule has 0 unspecified atom stereocenters. The molecule has 5 nitrogen and oxygen atoms in total. The van der Waals surface area contributed by atoms with Crippen molar-refractivity contribution in [2.24, 2.45) is 0 Å². The van der Waals surface area contributed by atoms with Gasteiger partial charge in [-0.25, -0.2) is 13.2 Å². The third-order valence-corrected chi connectivity index (χ3v) is 4.29. The summed E-state index contributed by atoms with van der Waals surface area (Å²) in [7, 11) is -3.43. The zero-order chi connectivity index (χ0) is 13.8. The molecule has 0 aromatic heterocycles. The molecule has 0 aliphatic rings. The largest absolute Gasteiger partial charge is 0.478 e. The number of aromatic carboxylic acids is 1. The Hall–Kier alpha value is -1.08. The highest BCUT2D eigenvalue weighted by Crippen LogP contribution is 2.25. The van der Waals surface area contributed by atoms with E-state index in [1.807, 2.05) is 6.92 Å².